The molecular weight excluding hydrogens is 258 g/mol. The van der Waals surface area contributed by atoms with Gasteiger partial charge in [-0.15, -0.1) is 0 Å². The number of hydrogen-bond acceptors (Lipinski definition) is 3. The van der Waals surface area contributed by atoms with Crippen molar-refractivity contribution in [1.29, 1.82) is 0 Å². The van der Waals surface area contributed by atoms with Gasteiger partial charge in [0.05, 0.1) is 0 Å². The van der Waals surface area contributed by atoms with Crippen molar-refractivity contribution in [3.05, 3.63) is 0 Å². The summed E-state index contributed by atoms with van der Waals surface area (Å²) in [6.45, 7) is 16.0. The summed E-state index contributed by atoms with van der Waals surface area (Å²) < 4.78 is 0. The Kier molecular flexibility index (Phi) is 7.48. The summed E-state index contributed by atoms with van der Waals surface area (Å²) in [4.78, 5) is 5.23. The molecule has 21 heavy (non-hydrogen) atoms. The molecule has 1 atom stereocenters. The SMILES string of the molecule is CCCN1CCC(C(C)NCC2CCN(CC)CC2)CC1. The predicted octanol–water partition coefficient (Wildman–Crippen LogP) is 2.82. The summed E-state index contributed by atoms with van der Waals surface area (Å²) in [6, 6.07) is 0.706. The Hall–Kier alpha value is -0.120. The van der Waals surface area contributed by atoms with Gasteiger partial charge in [-0.1, -0.05) is 13.8 Å². The van der Waals surface area contributed by atoms with Crippen molar-refractivity contribution in [2.24, 2.45) is 11.8 Å². The minimum Gasteiger partial charge on any atom is -0.314 e. The van der Waals surface area contributed by atoms with Gasteiger partial charge in [-0.3, -0.25) is 0 Å². The van der Waals surface area contributed by atoms with Crippen molar-refractivity contribution in [1.82, 2.24) is 15.1 Å². The van der Waals surface area contributed by atoms with Gasteiger partial charge in [0.1, 0.15) is 0 Å². The normalized spacial score (nSPS) is 25.3. The first-order valence-electron chi connectivity index (χ1n) is 9.41. The van der Waals surface area contributed by atoms with Crippen molar-refractivity contribution in [3.8, 4) is 0 Å². The predicted molar refractivity (Wildman–Crippen MR) is 91.8 cm³/mol. The minimum atomic E-state index is 0.706. The summed E-state index contributed by atoms with van der Waals surface area (Å²) in [5, 5.41) is 3.86. The van der Waals surface area contributed by atoms with Crippen LogP contribution < -0.4 is 5.32 Å². The summed E-state index contributed by atoms with van der Waals surface area (Å²) in [5.74, 6) is 1.81. The Morgan fingerprint density at radius 1 is 0.952 bits per heavy atom. The van der Waals surface area contributed by atoms with Gasteiger partial charge in [0.2, 0.25) is 0 Å². The van der Waals surface area contributed by atoms with Gasteiger partial charge in [-0.25, -0.2) is 0 Å². The van der Waals surface area contributed by atoms with E-state index in [2.05, 4.69) is 35.9 Å². The lowest BCUT2D eigenvalue weighted by Crippen LogP contribution is -2.44. The van der Waals surface area contributed by atoms with Crippen molar-refractivity contribution in [3.63, 3.8) is 0 Å². The van der Waals surface area contributed by atoms with Gasteiger partial charge in [0, 0.05) is 6.04 Å². The average molecular weight is 296 g/mol. The van der Waals surface area contributed by atoms with Crippen LogP contribution in [0.1, 0.15) is 52.9 Å². The summed E-state index contributed by atoms with van der Waals surface area (Å²) in [6.07, 6.45) is 6.87. The van der Waals surface area contributed by atoms with E-state index < -0.39 is 0 Å². The molecule has 2 saturated heterocycles. The summed E-state index contributed by atoms with van der Waals surface area (Å²) >= 11 is 0. The van der Waals surface area contributed by atoms with Crippen LogP contribution in [0.5, 0.6) is 0 Å². The maximum atomic E-state index is 3.86. The van der Waals surface area contributed by atoms with Crippen LogP contribution in [0, 0.1) is 11.8 Å². The van der Waals surface area contributed by atoms with Crippen LogP contribution in [-0.4, -0.2) is 61.7 Å². The molecule has 1 unspecified atom stereocenters. The molecule has 0 amide bonds. The Morgan fingerprint density at radius 2 is 1.57 bits per heavy atom. The van der Waals surface area contributed by atoms with Crippen LogP contribution in [-0.2, 0) is 0 Å². The van der Waals surface area contributed by atoms with E-state index in [9.17, 15) is 0 Å². The molecule has 3 nitrogen and oxygen atoms in total. The topological polar surface area (TPSA) is 18.5 Å². The molecule has 0 radical (unpaired) electrons. The highest BCUT2D eigenvalue weighted by Gasteiger charge is 2.24. The smallest absolute Gasteiger partial charge is 0.00680 e. The van der Waals surface area contributed by atoms with Crippen LogP contribution in [0.15, 0.2) is 0 Å². The number of nitrogens with zero attached hydrogens (tertiary/aromatic N) is 2. The van der Waals surface area contributed by atoms with Gasteiger partial charge >= 0.3 is 0 Å². The van der Waals surface area contributed by atoms with Crippen LogP contribution >= 0.6 is 0 Å². The highest BCUT2D eigenvalue weighted by Crippen LogP contribution is 2.22. The third-order valence-corrected chi connectivity index (χ3v) is 5.76. The highest BCUT2D eigenvalue weighted by atomic mass is 15.1. The molecule has 0 saturated carbocycles. The van der Waals surface area contributed by atoms with E-state index in [4.69, 9.17) is 0 Å². The highest BCUT2D eigenvalue weighted by molar-refractivity contribution is 4.81. The maximum absolute atomic E-state index is 3.86. The molecular formula is C18H37N3. The second-order valence-electron chi connectivity index (χ2n) is 7.25. The number of piperidine rings is 2. The van der Waals surface area contributed by atoms with Crippen LogP contribution in [0.2, 0.25) is 0 Å². The summed E-state index contributed by atoms with van der Waals surface area (Å²) in [7, 11) is 0. The van der Waals surface area contributed by atoms with Crippen LogP contribution in [0.4, 0.5) is 0 Å². The second-order valence-corrected chi connectivity index (χ2v) is 7.25. The molecule has 2 rings (SSSR count). The quantitative estimate of drug-likeness (QED) is 0.779. The minimum absolute atomic E-state index is 0.706. The largest absolute Gasteiger partial charge is 0.314 e. The Morgan fingerprint density at radius 3 is 2.14 bits per heavy atom. The Bertz CT molecular complexity index is 266. The van der Waals surface area contributed by atoms with Crippen molar-refractivity contribution < 1.29 is 0 Å². The van der Waals surface area contributed by atoms with Gasteiger partial charge in [-0.05, 0) is 96.7 Å². The number of nitrogens with one attached hydrogen (secondary N) is 1. The Labute approximate surface area is 132 Å². The zero-order valence-electron chi connectivity index (χ0n) is 14.6. The molecule has 0 aromatic carbocycles. The molecule has 1 N–H and O–H groups in total. The third-order valence-electron chi connectivity index (χ3n) is 5.76. The molecule has 0 aromatic heterocycles. The maximum Gasteiger partial charge on any atom is 0.00680 e. The van der Waals surface area contributed by atoms with E-state index in [1.54, 1.807) is 0 Å². The van der Waals surface area contributed by atoms with E-state index in [-0.39, 0.29) is 0 Å². The summed E-state index contributed by atoms with van der Waals surface area (Å²) in [5.41, 5.74) is 0. The van der Waals surface area contributed by atoms with Crippen LogP contribution in [0.25, 0.3) is 0 Å². The fourth-order valence-corrected chi connectivity index (χ4v) is 4.02. The first kappa shape index (κ1) is 17.2. The third kappa shape index (κ3) is 5.54. The van der Waals surface area contributed by atoms with Gasteiger partial charge in [0.25, 0.3) is 0 Å². The zero-order chi connectivity index (χ0) is 15.1. The number of rotatable bonds is 7. The standard InChI is InChI=1S/C18H37N3/c1-4-10-21-13-8-18(9-14-21)16(3)19-15-17-6-11-20(5-2)12-7-17/h16-19H,4-15H2,1-3H3. The average Bonchev–Trinajstić information content (AvgIpc) is 2.54. The lowest BCUT2D eigenvalue weighted by Gasteiger charge is -2.36. The number of hydrogen-bond donors (Lipinski definition) is 1. The van der Waals surface area contributed by atoms with Gasteiger partial charge in [-0.2, -0.15) is 0 Å². The molecule has 124 valence electrons. The van der Waals surface area contributed by atoms with E-state index in [0.717, 1.165) is 11.8 Å². The molecule has 0 aromatic rings. The molecule has 0 aliphatic carbocycles. The molecule has 0 spiro atoms. The second kappa shape index (κ2) is 9.12. The zero-order valence-corrected chi connectivity index (χ0v) is 14.6. The molecule has 2 aliphatic heterocycles. The van der Waals surface area contributed by atoms with E-state index in [0.29, 0.717) is 6.04 Å². The number of likely N-dealkylation sites (tertiary alicyclic amines) is 2. The van der Waals surface area contributed by atoms with Crippen LogP contribution in [0.3, 0.4) is 0 Å². The van der Waals surface area contributed by atoms with Gasteiger partial charge in [0.15, 0.2) is 0 Å². The lowest BCUT2D eigenvalue weighted by molar-refractivity contribution is 0.153. The van der Waals surface area contributed by atoms with E-state index in [1.165, 1.54) is 77.9 Å². The van der Waals surface area contributed by atoms with E-state index in [1.807, 2.05) is 0 Å². The molecule has 0 bridgehead atoms. The fourth-order valence-electron chi connectivity index (χ4n) is 4.02. The first-order valence-corrected chi connectivity index (χ1v) is 9.41. The van der Waals surface area contributed by atoms with Gasteiger partial charge < -0.3 is 15.1 Å². The van der Waals surface area contributed by atoms with Crippen molar-refractivity contribution >= 4 is 0 Å². The molecule has 2 heterocycles. The molecule has 3 heteroatoms. The molecule has 2 fully saturated rings. The monoisotopic (exact) mass is 295 g/mol. The van der Waals surface area contributed by atoms with Crippen molar-refractivity contribution in [2.75, 3.05) is 45.8 Å². The van der Waals surface area contributed by atoms with Crippen molar-refractivity contribution in [2.45, 2.75) is 58.9 Å². The Balaban J connectivity index is 1.61. The lowest BCUT2D eigenvalue weighted by atomic mass is 9.89. The fraction of sp³-hybridized carbons (Fsp3) is 1.00. The van der Waals surface area contributed by atoms with E-state index >= 15 is 0 Å². The molecule has 2 aliphatic rings. The first-order chi connectivity index (χ1) is 10.2.